The Kier molecular flexibility index (Phi) is 13.4. The van der Waals surface area contributed by atoms with Gasteiger partial charge < -0.3 is 30.1 Å². The maximum Gasteiger partial charge on any atom is 0.246 e. The van der Waals surface area contributed by atoms with Crippen molar-refractivity contribution >= 4 is 52.9 Å². The molecule has 0 spiro atoms. The average Bonchev–Trinajstić information content (AvgIpc) is 3.59. The van der Waals surface area contributed by atoms with Gasteiger partial charge in [0.1, 0.15) is 5.84 Å². The predicted molar refractivity (Wildman–Crippen MR) is 184 cm³/mol. The van der Waals surface area contributed by atoms with Crippen molar-refractivity contribution in [1.82, 2.24) is 4.90 Å². The highest BCUT2D eigenvalue weighted by Crippen LogP contribution is 2.40. The zero-order valence-electron chi connectivity index (χ0n) is 26.1. The fraction of sp³-hybridized carbons (Fsp3) is 0.412. The van der Waals surface area contributed by atoms with Crippen LogP contribution in [0.2, 0.25) is 0 Å². The Morgan fingerprint density at radius 1 is 0.955 bits per heavy atom. The molecule has 1 aliphatic heterocycles. The molecule has 238 valence electrons. The van der Waals surface area contributed by atoms with Crippen LogP contribution in [0.4, 0.5) is 11.4 Å². The lowest BCUT2D eigenvalue weighted by molar-refractivity contribution is -0.126. The second-order valence-electron chi connectivity index (χ2n) is 10.6. The second-order valence-corrected chi connectivity index (χ2v) is 11.6. The quantitative estimate of drug-likeness (QED) is 0.115. The van der Waals surface area contributed by atoms with Crippen LogP contribution in [0.5, 0.6) is 17.2 Å². The first kappa shape index (κ1) is 34.8. The molecular weight excluding hydrogens is 596 g/mol. The molecule has 1 aliphatic rings. The van der Waals surface area contributed by atoms with E-state index in [2.05, 4.69) is 37.6 Å². The molecule has 2 aromatic carbocycles. The number of halogens is 1. The van der Waals surface area contributed by atoms with Crippen LogP contribution in [-0.2, 0) is 4.79 Å². The topological polar surface area (TPSA) is 101 Å². The van der Waals surface area contributed by atoms with Gasteiger partial charge in [0, 0.05) is 37.9 Å². The lowest BCUT2D eigenvalue weighted by Gasteiger charge is -2.35. The molecule has 2 heterocycles. The number of carbonyl (C=O) groups excluding carboxylic acids is 1. The first-order valence-corrected chi connectivity index (χ1v) is 16.1. The molecule has 0 saturated carbocycles. The van der Waals surface area contributed by atoms with Crippen molar-refractivity contribution in [1.29, 1.82) is 0 Å². The standard InChI is InChI=1S/C34H44N4O4S.ClH/c1-5-27(6-2)41-29-22-24(23-30(33(29)40)42-28(7-3)8-4)11-16-32(39)38-19-17-37(18-20-38)26-14-12-25(13-15-26)36-34(35)31-10-9-21-43-31;/h9-16,21-23,27-28,40H,5-8,17-20H2,1-4H3,(H2,35,36);1H. The lowest BCUT2D eigenvalue weighted by atomic mass is 10.1. The number of rotatable bonds is 13. The Morgan fingerprint density at radius 3 is 2.02 bits per heavy atom. The van der Waals surface area contributed by atoms with Gasteiger partial charge in [-0.1, -0.05) is 33.8 Å². The van der Waals surface area contributed by atoms with E-state index < -0.39 is 0 Å². The van der Waals surface area contributed by atoms with Crippen LogP contribution in [0.3, 0.4) is 0 Å². The highest BCUT2D eigenvalue weighted by Gasteiger charge is 2.21. The third-order valence-corrected chi connectivity index (χ3v) is 8.61. The van der Waals surface area contributed by atoms with Gasteiger partial charge in [-0.3, -0.25) is 4.79 Å². The Hall–Kier alpha value is -3.69. The average molecular weight is 641 g/mol. The molecule has 0 aliphatic carbocycles. The summed E-state index contributed by atoms with van der Waals surface area (Å²) in [5.41, 5.74) is 8.77. The van der Waals surface area contributed by atoms with E-state index >= 15 is 0 Å². The first-order valence-electron chi connectivity index (χ1n) is 15.2. The number of nitrogens with zero attached hydrogens (tertiary/aromatic N) is 3. The molecule has 0 atom stereocenters. The van der Waals surface area contributed by atoms with Crippen molar-refractivity contribution in [2.45, 2.75) is 65.6 Å². The van der Waals surface area contributed by atoms with Crippen LogP contribution >= 0.6 is 23.7 Å². The molecule has 0 unspecified atom stereocenters. The molecular formula is C34H45ClN4O4S. The lowest BCUT2D eigenvalue weighted by Crippen LogP contribution is -2.48. The summed E-state index contributed by atoms with van der Waals surface area (Å²) < 4.78 is 12.2. The Labute approximate surface area is 271 Å². The molecule has 10 heteroatoms. The number of benzene rings is 2. The number of hydrogen-bond acceptors (Lipinski definition) is 7. The summed E-state index contributed by atoms with van der Waals surface area (Å²) in [6.07, 6.45) is 6.63. The maximum atomic E-state index is 13.1. The summed E-state index contributed by atoms with van der Waals surface area (Å²) in [5.74, 6) is 1.23. The van der Waals surface area contributed by atoms with Crippen LogP contribution < -0.4 is 20.1 Å². The van der Waals surface area contributed by atoms with Gasteiger partial charge in [-0.25, -0.2) is 4.99 Å². The van der Waals surface area contributed by atoms with Gasteiger partial charge in [-0.2, -0.15) is 0 Å². The molecule has 3 aromatic rings. The number of amides is 1. The SMILES string of the molecule is CCC(CC)Oc1cc(C=CC(=O)N2CCN(c3ccc(N=C(N)c4cccs4)cc3)CC2)cc(OC(CC)CC)c1O.Cl. The number of thiophene rings is 1. The van der Waals surface area contributed by atoms with E-state index in [-0.39, 0.29) is 36.3 Å². The minimum atomic E-state index is -0.0496. The normalized spacial score (nSPS) is 13.9. The van der Waals surface area contributed by atoms with Gasteiger partial charge in [-0.05, 0) is 85.2 Å². The monoisotopic (exact) mass is 640 g/mol. The molecule has 0 bridgehead atoms. The van der Waals surface area contributed by atoms with E-state index in [0.29, 0.717) is 30.4 Å². The number of ether oxygens (including phenoxy) is 2. The minimum absolute atomic E-state index is 0. The van der Waals surface area contributed by atoms with Gasteiger partial charge in [-0.15, -0.1) is 23.7 Å². The van der Waals surface area contributed by atoms with Crippen LogP contribution in [-0.4, -0.2) is 60.1 Å². The molecule has 4 rings (SSSR count). The van der Waals surface area contributed by atoms with Gasteiger partial charge >= 0.3 is 0 Å². The molecule has 1 aromatic heterocycles. The van der Waals surface area contributed by atoms with Crippen LogP contribution in [0.25, 0.3) is 6.08 Å². The largest absolute Gasteiger partial charge is 0.502 e. The molecule has 1 amide bonds. The summed E-state index contributed by atoms with van der Waals surface area (Å²) in [7, 11) is 0. The number of aliphatic imine (C=N–C) groups is 1. The predicted octanol–water partition coefficient (Wildman–Crippen LogP) is 7.41. The maximum absolute atomic E-state index is 13.1. The Bertz CT molecular complexity index is 1340. The zero-order chi connectivity index (χ0) is 30.8. The van der Waals surface area contributed by atoms with Crippen molar-refractivity contribution in [3.63, 3.8) is 0 Å². The van der Waals surface area contributed by atoms with Gasteiger partial charge in [0.05, 0.1) is 22.8 Å². The molecule has 1 fully saturated rings. The van der Waals surface area contributed by atoms with Crippen LogP contribution in [0, 0.1) is 0 Å². The summed E-state index contributed by atoms with van der Waals surface area (Å²) in [6, 6.07) is 15.5. The van der Waals surface area contributed by atoms with Crippen molar-refractivity contribution < 1.29 is 19.4 Å². The molecule has 1 saturated heterocycles. The number of anilines is 1. The smallest absolute Gasteiger partial charge is 0.246 e. The van der Waals surface area contributed by atoms with Gasteiger partial charge in [0.2, 0.25) is 11.7 Å². The van der Waals surface area contributed by atoms with E-state index in [0.717, 1.165) is 60.6 Å². The number of amidine groups is 1. The van der Waals surface area contributed by atoms with Crippen molar-refractivity contribution in [3.8, 4) is 17.2 Å². The summed E-state index contributed by atoms with van der Waals surface area (Å²) in [5, 5.41) is 12.9. The van der Waals surface area contributed by atoms with E-state index in [1.807, 2.05) is 46.7 Å². The number of hydrogen-bond donors (Lipinski definition) is 2. The van der Waals surface area contributed by atoms with E-state index in [1.54, 1.807) is 35.6 Å². The molecule has 3 N–H and O–H groups in total. The summed E-state index contributed by atoms with van der Waals surface area (Å²) >= 11 is 1.57. The first-order chi connectivity index (χ1) is 20.8. The number of nitrogens with two attached hydrogens (primary N) is 1. The highest BCUT2D eigenvalue weighted by molar-refractivity contribution is 7.12. The van der Waals surface area contributed by atoms with Gasteiger partial charge in [0.25, 0.3) is 0 Å². The zero-order valence-corrected chi connectivity index (χ0v) is 27.7. The Balaban J connectivity index is 0.00000529. The summed E-state index contributed by atoms with van der Waals surface area (Å²) in [6.45, 7) is 10.9. The van der Waals surface area contributed by atoms with Crippen molar-refractivity contribution in [3.05, 3.63) is 70.4 Å². The third-order valence-electron chi connectivity index (χ3n) is 7.72. The van der Waals surface area contributed by atoms with Crippen LogP contribution in [0.1, 0.15) is 63.8 Å². The number of aromatic hydroxyl groups is 1. The van der Waals surface area contributed by atoms with E-state index in [4.69, 9.17) is 15.2 Å². The van der Waals surface area contributed by atoms with E-state index in [9.17, 15) is 9.90 Å². The third kappa shape index (κ3) is 9.16. The van der Waals surface area contributed by atoms with E-state index in [1.165, 1.54) is 0 Å². The fourth-order valence-corrected chi connectivity index (χ4v) is 5.59. The fourth-order valence-electron chi connectivity index (χ4n) is 4.96. The van der Waals surface area contributed by atoms with Crippen molar-refractivity contribution in [2.24, 2.45) is 10.7 Å². The highest BCUT2D eigenvalue weighted by atomic mass is 35.5. The number of phenolic OH excluding ortho intramolecular Hbond substituents is 1. The molecule has 0 radical (unpaired) electrons. The number of phenols is 1. The Morgan fingerprint density at radius 2 is 1.52 bits per heavy atom. The summed E-state index contributed by atoms with van der Waals surface area (Å²) in [4.78, 5) is 22.7. The van der Waals surface area contributed by atoms with Gasteiger partial charge in [0.15, 0.2) is 11.5 Å². The number of carbonyl (C=O) groups is 1. The number of piperazine rings is 1. The van der Waals surface area contributed by atoms with Crippen molar-refractivity contribution in [2.75, 3.05) is 31.1 Å². The molecule has 8 nitrogen and oxygen atoms in total. The van der Waals surface area contributed by atoms with Crippen LogP contribution in [0.15, 0.2) is 65.0 Å². The second kappa shape index (κ2) is 17.0. The minimum Gasteiger partial charge on any atom is -0.502 e. The molecule has 44 heavy (non-hydrogen) atoms.